The van der Waals surface area contributed by atoms with Gasteiger partial charge in [-0.05, 0) is 30.7 Å². The van der Waals surface area contributed by atoms with Gasteiger partial charge in [0.25, 0.3) is 11.5 Å². The van der Waals surface area contributed by atoms with Crippen LogP contribution in [0.25, 0.3) is 10.9 Å². The lowest BCUT2D eigenvalue weighted by Gasteiger charge is -2.29. The fourth-order valence-electron chi connectivity index (χ4n) is 3.21. The summed E-state index contributed by atoms with van der Waals surface area (Å²) in [6.07, 6.45) is 0.702. The summed E-state index contributed by atoms with van der Waals surface area (Å²) in [6, 6.07) is 14.3. The minimum absolute atomic E-state index is 0.113. The Balaban J connectivity index is 1.87. The SMILES string of the molecule is COc1ccccc1C(=O)N1CCCn2c1nc1ccccc1c2=O. The number of aromatic nitrogens is 2. The van der Waals surface area contributed by atoms with E-state index in [4.69, 9.17) is 4.74 Å². The number of rotatable bonds is 2. The summed E-state index contributed by atoms with van der Waals surface area (Å²) in [4.78, 5) is 32.0. The zero-order chi connectivity index (χ0) is 17.4. The fraction of sp³-hybridized carbons (Fsp3) is 0.211. The number of nitrogens with zero attached hydrogens (tertiary/aromatic N) is 3. The zero-order valence-electron chi connectivity index (χ0n) is 13.8. The molecule has 0 atom stereocenters. The van der Waals surface area contributed by atoms with Gasteiger partial charge in [0, 0.05) is 13.1 Å². The number of amides is 1. The van der Waals surface area contributed by atoms with Crippen molar-refractivity contribution in [3.63, 3.8) is 0 Å². The van der Waals surface area contributed by atoms with Crippen molar-refractivity contribution in [2.24, 2.45) is 0 Å². The van der Waals surface area contributed by atoms with E-state index in [1.807, 2.05) is 18.2 Å². The van der Waals surface area contributed by atoms with E-state index < -0.39 is 0 Å². The normalized spacial score (nSPS) is 13.6. The van der Waals surface area contributed by atoms with Crippen LogP contribution in [0.1, 0.15) is 16.8 Å². The monoisotopic (exact) mass is 335 g/mol. The van der Waals surface area contributed by atoms with Crippen LogP contribution in [0.5, 0.6) is 5.75 Å². The molecule has 1 amide bonds. The van der Waals surface area contributed by atoms with Crippen molar-refractivity contribution >= 4 is 22.8 Å². The summed E-state index contributed by atoms with van der Waals surface area (Å²) >= 11 is 0. The zero-order valence-corrected chi connectivity index (χ0v) is 13.8. The highest BCUT2D eigenvalue weighted by Crippen LogP contribution is 2.25. The molecule has 25 heavy (non-hydrogen) atoms. The Bertz CT molecular complexity index is 1030. The summed E-state index contributed by atoms with van der Waals surface area (Å²) in [5.74, 6) is 0.687. The van der Waals surface area contributed by atoms with Crippen molar-refractivity contribution in [3.8, 4) is 5.75 Å². The molecule has 2 heterocycles. The number of hydrogen-bond acceptors (Lipinski definition) is 4. The van der Waals surface area contributed by atoms with E-state index in [0.29, 0.717) is 47.7 Å². The Morgan fingerprint density at radius 1 is 1.08 bits per heavy atom. The number of fused-ring (bicyclic) bond motifs is 2. The van der Waals surface area contributed by atoms with Gasteiger partial charge in [0.2, 0.25) is 5.95 Å². The van der Waals surface area contributed by atoms with E-state index in [1.54, 1.807) is 39.8 Å². The molecular weight excluding hydrogens is 318 g/mol. The minimum Gasteiger partial charge on any atom is -0.496 e. The topological polar surface area (TPSA) is 64.4 Å². The summed E-state index contributed by atoms with van der Waals surface area (Å²) in [7, 11) is 1.53. The highest BCUT2D eigenvalue weighted by molar-refractivity contribution is 6.07. The molecule has 0 unspecified atom stereocenters. The van der Waals surface area contributed by atoms with Crippen LogP contribution in [0.4, 0.5) is 5.95 Å². The van der Waals surface area contributed by atoms with Crippen molar-refractivity contribution in [1.29, 1.82) is 0 Å². The third-order valence-corrected chi connectivity index (χ3v) is 4.43. The van der Waals surface area contributed by atoms with E-state index in [2.05, 4.69) is 4.98 Å². The van der Waals surface area contributed by atoms with Crippen LogP contribution >= 0.6 is 0 Å². The van der Waals surface area contributed by atoms with Gasteiger partial charge in [0.05, 0.1) is 23.6 Å². The molecule has 0 radical (unpaired) electrons. The molecule has 0 saturated heterocycles. The molecule has 0 fully saturated rings. The maximum Gasteiger partial charge on any atom is 0.264 e. The molecule has 0 N–H and O–H groups in total. The van der Waals surface area contributed by atoms with Crippen LogP contribution in [0.3, 0.4) is 0 Å². The third-order valence-electron chi connectivity index (χ3n) is 4.43. The Kier molecular flexibility index (Phi) is 3.72. The number of hydrogen-bond donors (Lipinski definition) is 0. The Morgan fingerprint density at radius 2 is 1.84 bits per heavy atom. The second-order valence-corrected chi connectivity index (χ2v) is 5.90. The van der Waals surface area contributed by atoms with Crippen LogP contribution in [0.15, 0.2) is 53.3 Å². The largest absolute Gasteiger partial charge is 0.496 e. The predicted octanol–water partition coefficient (Wildman–Crippen LogP) is 2.46. The highest BCUT2D eigenvalue weighted by atomic mass is 16.5. The summed E-state index contributed by atoms with van der Waals surface area (Å²) < 4.78 is 6.89. The van der Waals surface area contributed by atoms with Crippen LogP contribution in [0, 0.1) is 0 Å². The molecule has 1 aliphatic rings. The molecule has 4 rings (SSSR count). The first-order valence-corrected chi connectivity index (χ1v) is 8.15. The Hall–Kier alpha value is -3.15. The summed E-state index contributed by atoms with van der Waals surface area (Å²) in [5, 5.41) is 0.567. The van der Waals surface area contributed by atoms with Crippen molar-refractivity contribution in [3.05, 3.63) is 64.4 Å². The molecule has 0 spiro atoms. The number of carbonyl (C=O) groups is 1. The maximum atomic E-state index is 13.1. The molecule has 1 aliphatic heterocycles. The van der Waals surface area contributed by atoms with Gasteiger partial charge in [0.15, 0.2) is 0 Å². The summed E-state index contributed by atoms with van der Waals surface area (Å²) in [6.45, 7) is 1.07. The van der Waals surface area contributed by atoms with Crippen molar-refractivity contribution < 1.29 is 9.53 Å². The van der Waals surface area contributed by atoms with Gasteiger partial charge in [-0.1, -0.05) is 24.3 Å². The molecule has 0 bridgehead atoms. The average Bonchev–Trinajstić information content (AvgIpc) is 2.67. The van der Waals surface area contributed by atoms with Crippen molar-refractivity contribution in [2.75, 3.05) is 18.6 Å². The number of anilines is 1. The molecule has 0 aliphatic carbocycles. The highest BCUT2D eigenvalue weighted by Gasteiger charge is 2.28. The summed E-state index contributed by atoms with van der Waals surface area (Å²) in [5.41, 5.74) is 0.942. The molecule has 6 heteroatoms. The van der Waals surface area contributed by atoms with E-state index in [-0.39, 0.29) is 11.5 Å². The smallest absolute Gasteiger partial charge is 0.264 e. The van der Waals surface area contributed by atoms with Gasteiger partial charge in [-0.25, -0.2) is 4.98 Å². The lowest BCUT2D eigenvalue weighted by atomic mass is 10.1. The van der Waals surface area contributed by atoms with Gasteiger partial charge < -0.3 is 4.74 Å². The van der Waals surface area contributed by atoms with Gasteiger partial charge in [-0.2, -0.15) is 0 Å². The van der Waals surface area contributed by atoms with Crippen LogP contribution < -0.4 is 15.2 Å². The second kappa shape index (κ2) is 6.05. The first-order valence-electron chi connectivity index (χ1n) is 8.15. The lowest BCUT2D eigenvalue weighted by molar-refractivity contribution is 0.0977. The van der Waals surface area contributed by atoms with E-state index in [0.717, 1.165) is 0 Å². The van der Waals surface area contributed by atoms with Gasteiger partial charge in [-0.3, -0.25) is 19.1 Å². The Morgan fingerprint density at radius 3 is 2.68 bits per heavy atom. The molecule has 6 nitrogen and oxygen atoms in total. The third kappa shape index (κ3) is 2.46. The van der Waals surface area contributed by atoms with E-state index in [1.165, 1.54) is 7.11 Å². The first-order chi connectivity index (χ1) is 12.2. The Labute approximate surface area is 144 Å². The number of para-hydroxylation sites is 2. The predicted molar refractivity (Wildman–Crippen MR) is 95.3 cm³/mol. The van der Waals surface area contributed by atoms with E-state index >= 15 is 0 Å². The number of methoxy groups -OCH3 is 1. The number of carbonyl (C=O) groups excluding carboxylic acids is 1. The fourth-order valence-corrected chi connectivity index (χ4v) is 3.21. The molecule has 126 valence electrons. The molecule has 0 saturated carbocycles. The van der Waals surface area contributed by atoms with Crippen molar-refractivity contribution in [1.82, 2.24) is 9.55 Å². The molecule has 3 aromatic rings. The molecular formula is C19H17N3O3. The lowest BCUT2D eigenvalue weighted by Crippen LogP contribution is -2.42. The van der Waals surface area contributed by atoms with Crippen molar-refractivity contribution in [2.45, 2.75) is 13.0 Å². The number of benzene rings is 2. The quantitative estimate of drug-likeness (QED) is 0.722. The number of ether oxygens (including phenoxy) is 1. The van der Waals surface area contributed by atoms with E-state index in [9.17, 15) is 9.59 Å². The average molecular weight is 335 g/mol. The first kappa shape index (κ1) is 15.4. The van der Waals surface area contributed by atoms with Crippen LogP contribution in [-0.2, 0) is 6.54 Å². The molecule has 1 aromatic heterocycles. The minimum atomic E-state index is -0.215. The van der Waals surface area contributed by atoms with Gasteiger partial charge in [-0.15, -0.1) is 0 Å². The molecule has 2 aromatic carbocycles. The standard InChI is InChI=1S/C19H17N3O3/c1-25-16-10-5-3-8-14(16)18(24)22-12-6-11-21-17(23)13-7-2-4-9-15(13)20-19(21)22/h2-5,7-10H,6,11-12H2,1H3. The second-order valence-electron chi connectivity index (χ2n) is 5.90. The maximum absolute atomic E-state index is 13.1. The van der Waals surface area contributed by atoms with Crippen LogP contribution in [0.2, 0.25) is 0 Å². The van der Waals surface area contributed by atoms with Crippen LogP contribution in [-0.4, -0.2) is 29.1 Å². The van der Waals surface area contributed by atoms with Gasteiger partial charge in [0.1, 0.15) is 5.75 Å². The van der Waals surface area contributed by atoms with Gasteiger partial charge >= 0.3 is 0 Å².